The fourth-order valence-corrected chi connectivity index (χ4v) is 3.96. The minimum absolute atomic E-state index is 0.0369. The van der Waals surface area contributed by atoms with Gasteiger partial charge in [0.1, 0.15) is 0 Å². The number of fused-ring (bicyclic) bond motifs is 2. The first-order valence-corrected chi connectivity index (χ1v) is 12.2. The fourth-order valence-electron chi connectivity index (χ4n) is 3.96. The van der Waals surface area contributed by atoms with Crippen LogP contribution in [0.3, 0.4) is 0 Å². The van der Waals surface area contributed by atoms with Crippen LogP contribution in [0, 0.1) is 0 Å². The van der Waals surface area contributed by atoms with E-state index in [9.17, 15) is 19.5 Å². The average molecular weight is 496 g/mol. The van der Waals surface area contributed by atoms with Crippen molar-refractivity contribution >= 4 is 17.7 Å². The number of hydrogen-bond acceptors (Lipinski definition) is 6. The summed E-state index contributed by atoms with van der Waals surface area (Å²) in [5.41, 5.74) is 2.67. The SMILES string of the molecule is C=C1C[C@@H]2CC=CC(=O)CC(C)=CC=CC(=O)O[C@H]([C@H](O)NC(=O)C=CC=CC)CC(C)=C[C@H](C1)O2. The molecule has 0 aliphatic carbocycles. The van der Waals surface area contributed by atoms with Crippen molar-refractivity contribution in [2.45, 2.75) is 77.4 Å². The van der Waals surface area contributed by atoms with Crippen LogP contribution in [0.1, 0.15) is 52.9 Å². The van der Waals surface area contributed by atoms with E-state index >= 15 is 0 Å². The lowest BCUT2D eigenvalue weighted by atomic mass is 9.95. The predicted octanol–water partition coefficient (Wildman–Crippen LogP) is 4.33. The molecule has 2 rings (SSSR count). The van der Waals surface area contributed by atoms with E-state index in [1.165, 1.54) is 18.2 Å². The van der Waals surface area contributed by atoms with E-state index in [2.05, 4.69) is 11.9 Å². The van der Waals surface area contributed by atoms with E-state index < -0.39 is 24.2 Å². The molecule has 2 aliphatic heterocycles. The molecule has 1 saturated heterocycles. The summed E-state index contributed by atoms with van der Waals surface area (Å²) in [5.74, 6) is -1.23. The molecule has 2 N–H and O–H groups in total. The molecule has 0 spiro atoms. The van der Waals surface area contributed by atoms with Gasteiger partial charge in [-0.1, -0.05) is 65.8 Å². The van der Waals surface area contributed by atoms with Gasteiger partial charge < -0.3 is 19.9 Å². The highest BCUT2D eigenvalue weighted by atomic mass is 16.6. The van der Waals surface area contributed by atoms with Gasteiger partial charge in [-0.3, -0.25) is 9.59 Å². The standard InChI is InChI=1S/C29H37NO6/c1-5-6-7-13-27(32)30-29(34)26-19-22(4)18-25-17-21(3)16-24(35-25)12-9-11-23(31)15-20(2)10-8-14-28(33)36-26/h5-11,13-14,18,24-26,29,34H,3,12,15-17,19H2,1-2,4H3,(H,30,32)/t24-,25-,26-,29-/m0/s1. The van der Waals surface area contributed by atoms with E-state index in [-0.39, 0.29) is 30.8 Å². The van der Waals surface area contributed by atoms with Crippen LogP contribution in [0.4, 0.5) is 0 Å². The van der Waals surface area contributed by atoms with E-state index in [0.717, 1.165) is 23.1 Å². The normalized spacial score (nSPS) is 25.7. The highest BCUT2D eigenvalue weighted by molar-refractivity contribution is 5.91. The Labute approximate surface area is 213 Å². The molecule has 194 valence electrons. The Bertz CT molecular complexity index is 997. The fraction of sp³-hybridized carbons (Fsp3) is 0.414. The van der Waals surface area contributed by atoms with Gasteiger partial charge in [0.2, 0.25) is 5.91 Å². The molecule has 0 aromatic rings. The van der Waals surface area contributed by atoms with E-state index in [1.807, 2.05) is 26.0 Å². The summed E-state index contributed by atoms with van der Waals surface area (Å²) in [6.07, 6.45) is 15.6. The van der Waals surface area contributed by atoms with Crippen molar-refractivity contribution in [1.29, 1.82) is 0 Å². The first kappa shape index (κ1) is 28.9. The van der Waals surface area contributed by atoms with E-state index in [1.54, 1.807) is 37.3 Å². The maximum atomic E-state index is 12.5. The first-order chi connectivity index (χ1) is 17.2. The zero-order chi connectivity index (χ0) is 26.5. The van der Waals surface area contributed by atoms with Gasteiger partial charge in [0.05, 0.1) is 12.2 Å². The van der Waals surface area contributed by atoms with Gasteiger partial charge in [-0.15, -0.1) is 0 Å². The number of carbonyl (C=O) groups is 3. The number of hydrogen-bond donors (Lipinski definition) is 2. The Kier molecular flexibility index (Phi) is 12.0. The molecule has 1 fully saturated rings. The lowest BCUT2D eigenvalue weighted by Crippen LogP contribution is -2.44. The predicted molar refractivity (Wildman–Crippen MR) is 140 cm³/mol. The topological polar surface area (TPSA) is 102 Å². The maximum Gasteiger partial charge on any atom is 0.331 e. The van der Waals surface area contributed by atoms with Crippen molar-refractivity contribution in [2.75, 3.05) is 0 Å². The van der Waals surface area contributed by atoms with E-state index in [4.69, 9.17) is 9.47 Å². The molecule has 2 aliphatic rings. The van der Waals surface area contributed by atoms with Gasteiger partial charge in [-0.25, -0.2) is 4.79 Å². The summed E-state index contributed by atoms with van der Waals surface area (Å²) < 4.78 is 11.7. The number of ether oxygens (including phenoxy) is 2. The van der Waals surface area contributed by atoms with Crippen molar-refractivity contribution in [3.8, 4) is 0 Å². The van der Waals surface area contributed by atoms with Crippen LogP contribution in [0.5, 0.6) is 0 Å². The molecule has 36 heavy (non-hydrogen) atoms. The minimum atomic E-state index is -1.42. The van der Waals surface area contributed by atoms with Crippen molar-refractivity contribution in [3.63, 3.8) is 0 Å². The average Bonchev–Trinajstić information content (AvgIpc) is 2.77. The molecule has 0 radical (unpaired) electrons. The number of aliphatic hydroxyl groups excluding tert-OH is 1. The Balaban J connectivity index is 2.28. The highest BCUT2D eigenvalue weighted by Gasteiger charge is 2.26. The summed E-state index contributed by atoms with van der Waals surface area (Å²) in [7, 11) is 0. The number of amides is 1. The van der Waals surface area contributed by atoms with Crippen LogP contribution < -0.4 is 5.32 Å². The van der Waals surface area contributed by atoms with Gasteiger partial charge in [0.25, 0.3) is 0 Å². The number of ketones is 1. The zero-order valence-corrected chi connectivity index (χ0v) is 21.3. The molecule has 7 heteroatoms. The molecule has 0 aromatic carbocycles. The lowest BCUT2D eigenvalue weighted by molar-refractivity contribution is -0.151. The third kappa shape index (κ3) is 11.0. The first-order valence-electron chi connectivity index (χ1n) is 12.2. The lowest BCUT2D eigenvalue weighted by Gasteiger charge is -2.30. The second-order valence-electron chi connectivity index (χ2n) is 9.14. The van der Waals surface area contributed by atoms with Crippen LogP contribution in [0.2, 0.25) is 0 Å². The molecule has 0 unspecified atom stereocenters. The zero-order valence-electron chi connectivity index (χ0n) is 21.3. The molecule has 2 bridgehead atoms. The van der Waals surface area contributed by atoms with Gasteiger partial charge in [0, 0.05) is 25.0 Å². The molecule has 0 aromatic heterocycles. The Hall–Kier alpha value is -3.29. The smallest absolute Gasteiger partial charge is 0.331 e. The van der Waals surface area contributed by atoms with Crippen LogP contribution >= 0.6 is 0 Å². The van der Waals surface area contributed by atoms with Crippen LogP contribution in [-0.2, 0) is 23.9 Å². The highest BCUT2D eigenvalue weighted by Crippen LogP contribution is 2.27. The Morgan fingerprint density at radius 2 is 1.94 bits per heavy atom. The van der Waals surface area contributed by atoms with Crippen molar-refractivity contribution < 1.29 is 29.0 Å². The van der Waals surface area contributed by atoms with Crippen LogP contribution in [-0.4, -0.2) is 47.3 Å². The maximum absolute atomic E-state index is 12.5. The van der Waals surface area contributed by atoms with Gasteiger partial charge >= 0.3 is 5.97 Å². The summed E-state index contributed by atoms with van der Waals surface area (Å²) in [4.78, 5) is 36.8. The number of nitrogens with one attached hydrogen (secondary N) is 1. The van der Waals surface area contributed by atoms with Crippen molar-refractivity contribution in [1.82, 2.24) is 5.32 Å². The molecule has 0 saturated carbocycles. The second-order valence-corrected chi connectivity index (χ2v) is 9.14. The largest absolute Gasteiger partial charge is 0.454 e. The molecular weight excluding hydrogens is 458 g/mol. The van der Waals surface area contributed by atoms with Gasteiger partial charge in [-0.2, -0.15) is 0 Å². The minimum Gasteiger partial charge on any atom is -0.454 e. The summed E-state index contributed by atoms with van der Waals surface area (Å²) in [5, 5.41) is 13.1. The number of esters is 1. The van der Waals surface area contributed by atoms with Crippen molar-refractivity contribution in [2.24, 2.45) is 0 Å². The molecule has 4 atom stereocenters. The van der Waals surface area contributed by atoms with Crippen LogP contribution in [0.15, 0.2) is 84.1 Å². The number of rotatable bonds is 4. The monoisotopic (exact) mass is 495 g/mol. The summed E-state index contributed by atoms with van der Waals surface area (Å²) in [6.45, 7) is 9.61. The number of carbonyl (C=O) groups excluding carboxylic acids is 3. The third-order valence-electron chi connectivity index (χ3n) is 5.60. The quantitative estimate of drug-likeness (QED) is 0.198. The van der Waals surface area contributed by atoms with Gasteiger partial charge in [-0.05, 0) is 46.1 Å². The summed E-state index contributed by atoms with van der Waals surface area (Å²) in [6, 6.07) is 0. The third-order valence-corrected chi connectivity index (χ3v) is 5.60. The Morgan fingerprint density at radius 1 is 1.17 bits per heavy atom. The number of aliphatic hydroxyl groups is 1. The molecular formula is C29H37NO6. The van der Waals surface area contributed by atoms with E-state index in [0.29, 0.717) is 12.8 Å². The molecule has 7 nitrogen and oxygen atoms in total. The number of cyclic esters (lactones) is 1. The summed E-state index contributed by atoms with van der Waals surface area (Å²) >= 11 is 0. The molecule has 2 heterocycles. The second kappa shape index (κ2) is 15.0. The molecule has 1 amide bonds. The van der Waals surface area contributed by atoms with Crippen molar-refractivity contribution in [3.05, 3.63) is 84.1 Å². The Morgan fingerprint density at radius 3 is 2.69 bits per heavy atom. The number of allylic oxidation sites excluding steroid dienone is 7. The van der Waals surface area contributed by atoms with Crippen LogP contribution in [0.25, 0.3) is 0 Å². The van der Waals surface area contributed by atoms with Gasteiger partial charge in [0.15, 0.2) is 18.1 Å².